The van der Waals surface area contributed by atoms with Gasteiger partial charge in [-0.3, -0.25) is 0 Å². The molecule has 0 bridgehead atoms. The Kier molecular flexibility index (Phi) is 5.50. The number of hydrogen-bond acceptors (Lipinski definition) is 6. The molecule has 19 heavy (non-hydrogen) atoms. The lowest BCUT2D eigenvalue weighted by Gasteiger charge is -2.28. The summed E-state index contributed by atoms with van der Waals surface area (Å²) in [6, 6.07) is -0.0108. The lowest BCUT2D eigenvalue weighted by atomic mass is 9.96. The van der Waals surface area contributed by atoms with Gasteiger partial charge in [0.25, 0.3) is 0 Å². The Bertz CT molecular complexity index is 410. The van der Waals surface area contributed by atoms with Gasteiger partial charge in [-0.1, -0.05) is 0 Å². The maximum atomic E-state index is 5.46. The number of aromatic nitrogens is 2. The molecule has 0 aliphatic rings. The molecule has 0 amide bonds. The molecule has 0 spiro atoms. The molecule has 6 nitrogen and oxygen atoms in total. The van der Waals surface area contributed by atoms with Crippen molar-refractivity contribution in [1.29, 1.82) is 0 Å². The first kappa shape index (κ1) is 15.7. The zero-order valence-corrected chi connectivity index (χ0v) is 12.5. The summed E-state index contributed by atoms with van der Waals surface area (Å²) in [5.41, 5.74) is 0.483. The first-order valence-corrected chi connectivity index (χ1v) is 6.14. The molecule has 1 rings (SSSR count). The first-order valence-electron chi connectivity index (χ1n) is 6.14. The summed E-state index contributed by atoms with van der Waals surface area (Å²) in [7, 11) is 6.69. The van der Waals surface area contributed by atoms with E-state index in [2.05, 4.69) is 15.3 Å². The van der Waals surface area contributed by atoms with Crippen LogP contribution < -0.4 is 14.8 Å². The van der Waals surface area contributed by atoms with Crippen LogP contribution >= 0.6 is 0 Å². The molecule has 1 unspecified atom stereocenters. The highest BCUT2D eigenvalue weighted by molar-refractivity contribution is 5.26. The lowest BCUT2D eigenvalue weighted by Crippen LogP contribution is -2.31. The molecular weight excluding hydrogens is 246 g/mol. The maximum Gasteiger partial charge on any atom is 0.240 e. The number of ether oxygens (including phenoxy) is 3. The van der Waals surface area contributed by atoms with Gasteiger partial charge in [-0.25, -0.2) is 4.98 Å². The first-order chi connectivity index (χ1) is 8.97. The van der Waals surface area contributed by atoms with E-state index in [1.165, 1.54) is 0 Å². The summed E-state index contributed by atoms with van der Waals surface area (Å²) in [6.45, 7) is 4.06. The predicted molar refractivity (Wildman–Crippen MR) is 72.6 cm³/mol. The summed E-state index contributed by atoms with van der Waals surface area (Å²) in [4.78, 5) is 8.63. The molecule has 1 heterocycles. The van der Waals surface area contributed by atoms with Crippen molar-refractivity contribution in [3.63, 3.8) is 0 Å². The molecule has 6 heteroatoms. The van der Waals surface area contributed by atoms with Gasteiger partial charge in [0.2, 0.25) is 11.8 Å². The Morgan fingerprint density at radius 3 is 2.42 bits per heavy atom. The topological polar surface area (TPSA) is 65.5 Å². The second kappa shape index (κ2) is 6.68. The molecule has 1 N–H and O–H groups in total. The number of nitrogens with one attached hydrogen (secondary N) is 1. The molecule has 1 aromatic rings. The summed E-state index contributed by atoms with van der Waals surface area (Å²) in [5, 5.41) is 3.22. The standard InChI is InChI=1S/C13H23N3O3/c1-13(2,19-6)7-9(14-3)11-12(18-5)16-10(17-4)8-15-11/h8-9,14H,7H2,1-6H3. The second-order valence-electron chi connectivity index (χ2n) is 4.82. The van der Waals surface area contributed by atoms with Gasteiger partial charge in [0, 0.05) is 7.11 Å². The number of hydrogen-bond donors (Lipinski definition) is 1. The largest absolute Gasteiger partial charge is 0.480 e. The molecular formula is C13H23N3O3. The number of rotatable bonds is 7. The van der Waals surface area contributed by atoms with Crippen LogP contribution in [0.15, 0.2) is 6.20 Å². The molecule has 0 radical (unpaired) electrons. The van der Waals surface area contributed by atoms with Crippen LogP contribution in [0.4, 0.5) is 0 Å². The van der Waals surface area contributed by atoms with Gasteiger partial charge >= 0.3 is 0 Å². The van der Waals surface area contributed by atoms with Crippen molar-refractivity contribution in [3.8, 4) is 11.8 Å². The highest BCUT2D eigenvalue weighted by atomic mass is 16.5. The summed E-state index contributed by atoms with van der Waals surface area (Å²) in [5.74, 6) is 0.895. The highest BCUT2D eigenvalue weighted by Crippen LogP contribution is 2.30. The van der Waals surface area contributed by atoms with Crippen molar-refractivity contribution in [2.75, 3.05) is 28.4 Å². The molecule has 0 aliphatic heterocycles. The second-order valence-corrected chi connectivity index (χ2v) is 4.82. The Hall–Kier alpha value is -1.40. The van der Waals surface area contributed by atoms with Crippen LogP contribution in [0.5, 0.6) is 11.8 Å². The van der Waals surface area contributed by atoms with E-state index < -0.39 is 0 Å². The molecule has 0 saturated carbocycles. The Morgan fingerprint density at radius 2 is 1.95 bits per heavy atom. The van der Waals surface area contributed by atoms with Crippen LogP contribution in [0, 0.1) is 0 Å². The summed E-state index contributed by atoms with van der Waals surface area (Å²) in [6.07, 6.45) is 2.33. The fourth-order valence-electron chi connectivity index (χ4n) is 1.76. The van der Waals surface area contributed by atoms with Crippen molar-refractivity contribution in [3.05, 3.63) is 11.9 Å². The van der Waals surface area contributed by atoms with E-state index in [0.717, 1.165) is 12.1 Å². The Labute approximate surface area is 114 Å². The van der Waals surface area contributed by atoms with E-state index in [0.29, 0.717) is 11.8 Å². The number of methoxy groups -OCH3 is 3. The van der Waals surface area contributed by atoms with Gasteiger partial charge in [0.15, 0.2) is 0 Å². The van der Waals surface area contributed by atoms with Crippen LogP contribution in [-0.2, 0) is 4.74 Å². The van der Waals surface area contributed by atoms with Crippen molar-refractivity contribution >= 4 is 0 Å². The van der Waals surface area contributed by atoms with Crippen molar-refractivity contribution in [2.45, 2.75) is 31.9 Å². The van der Waals surface area contributed by atoms with E-state index >= 15 is 0 Å². The molecule has 0 fully saturated rings. The smallest absolute Gasteiger partial charge is 0.240 e. The average molecular weight is 269 g/mol. The van der Waals surface area contributed by atoms with Crippen LogP contribution in [0.2, 0.25) is 0 Å². The van der Waals surface area contributed by atoms with Crippen LogP contribution in [0.25, 0.3) is 0 Å². The minimum absolute atomic E-state index is 0.0108. The van der Waals surface area contributed by atoms with Crippen molar-refractivity contribution < 1.29 is 14.2 Å². The average Bonchev–Trinajstić information content (AvgIpc) is 2.44. The maximum absolute atomic E-state index is 5.46. The SMILES string of the molecule is CNC(CC(C)(C)OC)c1ncc(OC)nc1OC. The monoisotopic (exact) mass is 269 g/mol. The lowest BCUT2D eigenvalue weighted by molar-refractivity contribution is 0.00687. The van der Waals surface area contributed by atoms with Gasteiger partial charge < -0.3 is 19.5 Å². The van der Waals surface area contributed by atoms with E-state index in [9.17, 15) is 0 Å². The molecule has 0 saturated heterocycles. The molecule has 1 atom stereocenters. The van der Waals surface area contributed by atoms with E-state index in [1.807, 2.05) is 20.9 Å². The van der Waals surface area contributed by atoms with Crippen LogP contribution in [-0.4, -0.2) is 43.9 Å². The van der Waals surface area contributed by atoms with Crippen LogP contribution in [0.1, 0.15) is 32.0 Å². The predicted octanol–water partition coefficient (Wildman–Crippen LogP) is 1.57. The molecule has 0 aromatic carbocycles. The quantitative estimate of drug-likeness (QED) is 0.810. The minimum Gasteiger partial charge on any atom is -0.480 e. The van der Waals surface area contributed by atoms with E-state index in [1.54, 1.807) is 27.5 Å². The molecule has 1 aromatic heterocycles. The van der Waals surface area contributed by atoms with Gasteiger partial charge in [-0.05, 0) is 27.3 Å². The zero-order valence-electron chi connectivity index (χ0n) is 12.5. The highest BCUT2D eigenvalue weighted by Gasteiger charge is 2.26. The Morgan fingerprint density at radius 1 is 1.26 bits per heavy atom. The summed E-state index contributed by atoms with van der Waals surface area (Å²) >= 11 is 0. The molecule has 0 aliphatic carbocycles. The van der Waals surface area contributed by atoms with Gasteiger partial charge in [0.1, 0.15) is 5.69 Å². The van der Waals surface area contributed by atoms with Gasteiger partial charge in [0.05, 0.1) is 32.1 Å². The minimum atomic E-state index is -0.264. The molecule has 108 valence electrons. The normalized spacial score (nSPS) is 13.2. The van der Waals surface area contributed by atoms with Crippen LogP contribution in [0.3, 0.4) is 0 Å². The number of nitrogens with zero attached hydrogens (tertiary/aromatic N) is 2. The van der Waals surface area contributed by atoms with Gasteiger partial charge in [-0.2, -0.15) is 4.98 Å². The fraction of sp³-hybridized carbons (Fsp3) is 0.692. The zero-order chi connectivity index (χ0) is 14.5. The third-order valence-corrected chi connectivity index (χ3v) is 3.07. The van der Waals surface area contributed by atoms with Gasteiger partial charge in [-0.15, -0.1) is 0 Å². The summed E-state index contributed by atoms with van der Waals surface area (Å²) < 4.78 is 15.8. The van der Waals surface area contributed by atoms with E-state index in [4.69, 9.17) is 14.2 Å². The third-order valence-electron chi connectivity index (χ3n) is 3.07. The van der Waals surface area contributed by atoms with Crippen molar-refractivity contribution in [2.24, 2.45) is 0 Å². The van der Waals surface area contributed by atoms with E-state index in [-0.39, 0.29) is 11.6 Å². The third kappa shape index (κ3) is 4.04. The fourth-order valence-corrected chi connectivity index (χ4v) is 1.76. The van der Waals surface area contributed by atoms with Crippen molar-refractivity contribution in [1.82, 2.24) is 15.3 Å². The Balaban J connectivity index is 3.04.